The van der Waals surface area contributed by atoms with Crippen molar-refractivity contribution in [2.24, 2.45) is 5.41 Å². The average molecular weight is 426 g/mol. The number of hydrogen-bond donors (Lipinski definition) is 1. The summed E-state index contributed by atoms with van der Waals surface area (Å²) < 4.78 is 19.6. The number of benzene rings is 1. The molecule has 164 valence electrons. The van der Waals surface area contributed by atoms with E-state index in [4.69, 9.17) is 4.74 Å². The number of nitriles is 1. The van der Waals surface area contributed by atoms with Gasteiger partial charge in [0.05, 0.1) is 6.04 Å². The zero-order valence-corrected chi connectivity index (χ0v) is 18.2. The molecule has 1 aliphatic rings. The molecule has 7 nitrogen and oxygen atoms in total. The van der Waals surface area contributed by atoms with Crippen molar-refractivity contribution in [1.82, 2.24) is 15.2 Å². The van der Waals surface area contributed by atoms with Gasteiger partial charge in [0.15, 0.2) is 0 Å². The number of carbonyl (C=O) groups excluding carboxylic acids is 2. The molecule has 0 radical (unpaired) electrons. The number of fused-ring (bicyclic) bond motifs is 1. The first-order chi connectivity index (χ1) is 14.7. The standard InChI is InChI=1S/C23H27FN4O3/c1-23(2,3)20(26-4)21(29)28-10-6-9-18(28)22(30)31-19(11-25)16-13-27-12-15-14(16)7-5-8-17(15)24/h5,7-8,12-13,18-20,26H,6,9-10H2,1-4H3/t18?,19?,20-/m1/s1. The highest BCUT2D eigenvalue weighted by Gasteiger charge is 2.41. The van der Waals surface area contributed by atoms with Crippen molar-refractivity contribution in [3.05, 3.63) is 42.0 Å². The van der Waals surface area contributed by atoms with Gasteiger partial charge in [0.25, 0.3) is 0 Å². The first kappa shape index (κ1) is 22.6. The number of ether oxygens (including phenoxy) is 1. The number of pyridine rings is 1. The lowest BCUT2D eigenvalue weighted by Gasteiger charge is -2.34. The molecule has 1 aromatic heterocycles. The molecule has 2 heterocycles. The maximum absolute atomic E-state index is 14.1. The van der Waals surface area contributed by atoms with Crippen LogP contribution in [0.25, 0.3) is 10.8 Å². The Bertz CT molecular complexity index is 1030. The molecular weight excluding hydrogens is 399 g/mol. The molecule has 1 N–H and O–H groups in total. The van der Waals surface area contributed by atoms with Gasteiger partial charge >= 0.3 is 5.97 Å². The maximum atomic E-state index is 14.1. The molecule has 0 aliphatic carbocycles. The number of esters is 1. The van der Waals surface area contributed by atoms with Crippen LogP contribution in [0, 0.1) is 22.6 Å². The quantitative estimate of drug-likeness (QED) is 0.738. The number of hydrogen-bond acceptors (Lipinski definition) is 6. The van der Waals surface area contributed by atoms with Gasteiger partial charge in [-0.2, -0.15) is 5.26 Å². The molecule has 2 aromatic rings. The van der Waals surface area contributed by atoms with Crippen LogP contribution in [0.2, 0.25) is 0 Å². The van der Waals surface area contributed by atoms with Crippen molar-refractivity contribution in [3.8, 4) is 6.07 Å². The fraction of sp³-hybridized carbons (Fsp3) is 0.478. The lowest BCUT2D eigenvalue weighted by molar-refractivity contribution is -0.157. The molecule has 1 saturated heterocycles. The predicted octanol–water partition coefficient (Wildman–Crippen LogP) is 3.11. The number of halogens is 1. The number of rotatable bonds is 5. The van der Waals surface area contributed by atoms with Gasteiger partial charge in [-0.1, -0.05) is 32.9 Å². The summed E-state index contributed by atoms with van der Waals surface area (Å²) in [6.45, 7) is 6.31. The third-order valence-electron chi connectivity index (χ3n) is 5.62. The second-order valence-electron chi connectivity index (χ2n) is 8.79. The molecule has 1 amide bonds. The zero-order valence-electron chi connectivity index (χ0n) is 18.2. The second kappa shape index (κ2) is 8.98. The van der Waals surface area contributed by atoms with Crippen molar-refractivity contribution in [2.75, 3.05) is 13.6 Å². The molecular formula is C23H27FN4O3. The van der Waals surface area contributed by atoms with Crippen molar-refractivity contribution in [1.29, 1.82) is 5.26 Å². The van der Waals surface area contributed by atoms with Gasteiger partial charge in [0, 0.05) is 29.9 Å². The zero-order chi connectivity index (χ0) is 22.8. The normalized spacial score (nSPS) is 18.5. The van der Waals surface area contributed by atoms with Crippen LogP contribution in [0.4, 0.5) is 4.39 Å². The molecule has 3 atom stereocenters. The van der Waals surface area contributed by atoms with E-state index in [1.165, 1.54) is 29.4 Å². The smallest absolute Gasteiger partial charge is 0.330 e. The Morgan fingerprint density at radius 2 is 2.06 bits per heavy atom. The van der Waals surface area contributed by atoms with E-state index in [1.54, 1.807) is 13.1 Å². The highest BCUT2D eigenvalue weighted by molar-refractivity contribution is 5.89. The van der Waals surface area contributed by atoms with Crippen LogP contribution in [0.5, 0.6) is 0 Å². The summed E-state index contributed by atoms with van der Waals surface area (Å²) in [5, 5.41) is 13.4. The Hall–Kier alpha value is -3.05. The molecule has 1 fully saturated rings. The fourth-order valence-corrected chi connectivity index (χ4v) is 4.11. The molecule has 2 unspecified atom stereocenters. The molecule has 0 saturated carbocycles. The lowest BCUT2D eigenvalue weighted by atomic mass is 9.86. The summed E-state index contributed by atoms with van der Waals surface area (Å²) in [7, 11) is 1.72. The largest absolute Gasteiger partial charge is 0.440 e. The molecule has 0 bridgehead atoms. The van der Waals surface area contributed by atoms with Crippen LogP contribution in [-0.2, 0) is 14.3 Å². The summed E-state index contributed by atoms with van der Waals surface area (Å²) in [5.41, 5.74) is -0.0250. The summed E-state index contributed by atoms with van der Waals surface area (Å²) >= 11 is 0. The third-order valence-corrected chi connectivity index (χ3v) is 5.62. The summed E-state index contributed by atoms with van der Waals surface area (Å²) in [6.07, 6.45) is 2.64. The van der Waals surface area contributed by atoms with Crippen LogP contribution in [0.1, 0.15) is 45.3 Å². The number of likely N-dealkylation sites (N-methyl/N-ethyl adjacent to an activating group) is 1. The highest BCUT2D eigenvalue weighted by atomic mass is 19.1. The Morgan fingerprint density at radius 3 is 2.71 bits per heavy atom. The topological polar surface area (TPSA) is 95.3 Å². The average Bonchev–Trinajstić information content (AvgIpc) is 3.21. The number of aromatic nitrogens is 1. The minimum Gasteiger partial charge on any atom is -0.440 e. The van der Waals surface area contributed by atoms with Crippen molar-refractivity contribution in [3.63, 3.8) is 0 Å². The monoisotopic (exact) mass is 426 g/mol. The van der Waals surface area contributed by atoms with Crippen LogP contribution >= 0.6 is 0 Å². The van der Waals surface area contributed by atoms with E-state index in [0.29, 0.717) is 30.3 Å². The van der Waals surface area contributed by atoms with Crippen molar-refractivity contribution in [2.45, 2.75) is 51.8 Å². The van der Waals surface area contributed by atoms with Gasteiger partial charge in [-0.05, 0) is 36.8 Å². The van der Waals surface area contributed by atoms with Gasteiger partial charge in [0.1, 0.15) is 17.9 Å². The van der Waals surface area contributed by atoms with E-state index in [-0.39, 0.29) is 16.7 Å². The fourth-order valence-electron chi connectivity index (χ4n) is 4.11. The second-order valence-corrected chi connectivity index (χ2v) is 8.79. The van der Waals surface area contributed by atoms with Crippen LogP contribution < -0.4 is 5.32 Å². The maximum Gasteiger partial charge on any atom is 0.330 e. The van der Waals surface area contributed by atoms with Gasteiger partial charge in [0.2, 0.25) is 12.0 Å². The van der Waals surface area contributed by atoms with Crippen molar-refractivity contribution < 1.29 is 18.7 Å². The van der Waals surface area contributed by atoms with Crippen LogP contribution in [0.15, 0.2) is 30.6 Å². The molecule has 3 rings (SSSR count). The Kier molecular flexibility index (Phi) is 6.56. The molecule has 1 aromatic carbocycles. The SMILES string of the molecule is CN[C@H](C(=O)N1CCCC1C(=O)OC(C#N)c1cncc2c(F)cccc12)C(C)(C)C. The minimum atomic E-state index is -1.26. The number of nitrogens with zero attached hydrogens (tertiary/aromatic N) is 3. The van der Waals surface area contributed by atoms with Crippen LogP contribution in [-0.4, -0.2) is 47.4 Å². The molecule has 31 heavy (non-hydrogen) atoms. The Morgan fingerprint density at radius 1 is 1.32 bits per heavy atom. The lowest BCUT2D eigenvalue weighted by Crippen LogP contribution is -2.54. The van der Waals surface area contributed by atoms with E-state index in [0.717, 1.165) is 0 Å². The molecule has 1 aliphatic heterocycles. The number of carbonyl (C=O) groups is 2. The van der Waals surface area contributed by atoms with E-state index in [1.807, 2.05) is 26.8 Å². The van der Waals surface area contributed by atoms with Gasteiger partial charge < -0.3 is 15.0 Å². The summed E-state index contributed by atoms with van der Waals surface area (Å²) in [5.74, 6) is -1.28. The highest BCUT2D eigenvalue weighted by Crippen LogP contribution is 2.30. The van der Waals surface area contributed by atoms with Gasteiger partial charge in [-0.3, -0.25) is 9.78 Å². The Labute approximate surface area is 181 Å². The van der Waals surface area contributed by atoms with Gasteiger partial charge in [-0.15, -0.1) is 0 Å². The molecule has 8 heteroatoms. The number of nitrogens with one attached hydrogen (secondary N) is 1. The minimum absolute atomic E-state index is 0.170. The van der Waals surface area contributed by atoms with Crippen LogP contribution in [0.3, 0.4) is 0 Å². The summed E-state index contributed by atoms with van der Waals surface area (Å²) in [6, 6.07) is 5.22. The third kappa shape index (κ3) is 4.52. The summed E-state index contributed by atoms with van der Waals surface area (Å²) in [4.78, 5) is 31.6. The number of amides is 1. The number of likely N-dealkylation sites (tertiary alicyclic amines) is 1. The van der Waals surface area contributed by atoms with E-state index in [2.05, 4.69) is 10.3 Å². The van der Waals surface area contributed by atoms with E-state index in [9.17, 15) is 19.2 Å². The predicted molar refractivity (Wildman–Crippen MR) is 113 cm³/mol. The Balaban J connectivity index is 1.84. The first-order valence-corrected chi connectivity index (χ1v) is 10.3. The van der Waals surface area contributed by atoms with E-state index < -0.39 is 30.0 Å². The first-order valence-electron chi connectivity index (χ1n) is 10.3. The van der Waals surface area contributed by atoms with Gasteiger partial charge in [-0.25, -0.2) is 9.18 Å². The van der Waals surface area contributed by atoms with E-state index >= 15 is 0 Å². The molecule has 0 spiro atoms. The van der Waals surface area contributed by atoms with Crippen molar-refractivity contribution >= 4 is 22.6 Å².